The number of aliphatic hydroxyl groups excluding tert-OH is 1. The predicted octanol–water partition coefficient (Wildman–Crippen LogP) is 5.49. The number of nitrogens with one attached hydrogen (secondary N) is 2. The van der Waals surface area contributed by atoms with E-state index >= 15 is 0 Å². The van der Waals surface area contributed by atoms with Gasteiger partial charge in [0.1, 0.15) is 19.0 Å². The minimum absolute atomic E-state index is 0.0171. The summed E-state index contributed by atoms with van der Waals surface area (Å²) in [5.74, 6) is -0.967. The van der Waals surface area contributed by atoms with Crippen LogP contribution >= 0.6 is 0 Å². The van der Waals surface area contributed by atoms with Crippen molar-refractivity contribution in [3.63, 3.8) is 0 Å². The van der Waals surface area contributed by atoms with E-state index in [-0.39, 0.29) is 50.3 Å². The molecule has 0 saturated carbocycles. The number of hydrogen-bond donors (Lipinski definition) is 3. The van der Waals surface area contributed by atoms with Crippen molar-refractivity contribution < 1.29 is 29.0 Å². The molecule has 3 N–H and O–H groups in total. The lowest BCUT2D eigenvalue weighted by Crippen LogP contribution is -2.45. The van der Waals surface area contributed by atoms with E-state index in [1.54, 1.807) is 12.2 Å². The fraction of sp³-hybridized carbons (Fsp3) is 0.342. The monoisotopic (exact) mass is 626 g/mol. The Balaban J connectivity index is 1.54. The average Bonchev–Trinajstić information content (AvgIpc) is 3.07. The fourth-order valence-electron chi connectivity index (χ4n) is 4.93. The highest BCUT2D eigenvalue weighted by Gasteiger charge is 2.25. The molecule has 8 heteroatoms. The van der Waals surface area contributed by atoms with E-state index in [9.17, 15) is 19.5 Å². The van der Waals surface area contributed by atoms with Crippen LogP contribution in [0.5, 0.6) is 5.75 Å². The number of ether oxygens (including phenoxy) is 2. The number of hydrogen-bond acceptors (Lipinski definition) is 6. The number of benzene rings is 3. The van der Waals surface area contributed by atoms with Crippen molar-refractivity contribution in [2.24, 2.45) is 5.92 Å². The lowest BCUT2D eigenvalue weighted by atomic mass is 9.98. The lowest BCUT2D eigenvalue weighted by molar-refractivity contribution is -0.145. The number of unbranched alkanes of at least 4 members (excludes halogenated alkanes) is 1. The SMILES string of the molecule is C=CCCCC(=O)OC[C@H](Cc1ccccc1)NC(=O)[C@H](CC=C)CC(=O)N[C@H](CO)Cc1ccc(OCc2ccccc2)cc1. The molecule has 8 nitrogen and oxygen atoms in total. The maximum Gasteiger partial charge on any atom is 0.305 e. The minimum Gasteiger partial charge on any atom is -0.489 e. The zero-order valence-electron chi connectivity index (χ0n) is 26.4. The molecule has 0 bridgehead atoms. The Kier molecular flexibility index (Phi) is 15.8. The molecule has 2 amide bonds. The van der Waals surface area contributed by atoms with Gasteiger partial charge in [-0.1, -0.05) is 84.9 Å². The van der Waals surface area contributed by atoms with Gasteiger partial charge in [0.2, 0.25) is 11.8 Å². The van der Waals surface area contributed by atoms with Gasteiger partial charge < -0.3 is 25.2 Å². The second-order valence-electron chi connectivity index (χ2n) is 11.3. The zero-order chi connectivity index (χ0) is 33.0. The Morgan fingerprint density at radius 3 is 2.04 bits per heavy atom. The summed E-state index contributed by atoms with van der Waals surface area (Å²) in [4.78, 5) is 38.7. The smallest absolute Gasteiger partial charge is 0.305 e. The maximum atomic E-state index is 13.4. The van der Waals surface area contributed by atoms with Gasteiger partial charge in [-0.2, -0.15) is 0 Å². The summed E-state index contributed by atoms with van der Waals surface area (Å²) in [6.07, 6.45) is 6.08. The summed E-state index contributed by atoms with van der Waals surface area (Å²) in [7, 11) is 0. The van der Waals surface area contributed by atoms with Crippen LogP contribution in [0, 0.1) is 5.92 Å². The topological polar surface area (TPSA) is 114 Å². The molecule has 0 aliphatic rings. The number of amides is 2. The van der Waals surface area contributed by atoms with E-state index < -0.39 is 18.0 Å². The second-order valence-corrected chi connectivity index (χ2v) is 11.3. The third-order valence-electron chi connectivity index (χ3n) is 7.40. The van der Waals surface area contributed by atoms with E-state index in [1.807, 2.05) is 84.9 Å². The molecule has 0 aromatic heterocycles. The van der Waals surface area contributed by atoms with E-state index in [0.717, 1.165) is 28.9 Å². The van der Waals surface area contributed by atoms with Crippen molar-refractivity contribution >= 4 is 17.8 Å². The normalized spacial score (nSPS) is 12.6. The average molecular weight is 627 g/mol. The number of carbonyl (C=O) groups is 3. The van der Waals surface area contributed by atoms with Gasteiger partial charge in [0.15, 0.2) is 0 Å². The first-order valence-electron chi connectivity index (χ1n) is 15.8. The van der Waals surface area contributed by atoms with Gasteiger partial charge >= 0.3 is 5.97 Å². The number of carbonyl (C=O) groups excluding carboxylic acids is 3. The van der Waals surface area contributed by atoms with Crippen LogP contribution in [0.1, 0.15) is 48.8 Å². The second kappa shape index (κ2) is 20.4. The maximum absolute atomic E-state index is 13.4. The van der Waals surface area contributed by atoms with Gasteiger partial charge in [-0.3, -0.25) is 14.4 Å². The summed E-state index contributed by atoms with van der Waals surface area (Å²) in [6, 6.07) is 26.0. The molecule has 3 atom stereocenters. The summed E-state index contributed by atoms with van der Waals surface area (Å²) in [5.41, 5.74) is 2.98. The first-order valence-corrected chi connectivity index (χ1v) is 15.8. The van der Waals surface area contributed by atoms with E-state index in [2.05, 4.69) is 23.8 Å². The quantitative estimate of drug-likeness (QED) is 0.0819. The van der Waals surface area contributed by atoms with Gasteiger partial charge in [0.05, 0.1) is 24.6 Å². The standard InChI is InChI=1S/C38H46N2O6/c1-3-5-8-18-37(43)46-28-34(24-29-14-9-6-10-15-29)40-38(44)32(13-4-2)25-36(42)39-33(26-41)23-30-19-21-35(22-20-30)45-27-31-16-11-7-12-17-31/h3-4,6-7,9-12,14-17,19-22,32-34,41H,1-2,5,8,13,18,23-28H2,(H,39,42)(H,40,44)/t32-,33+,34+/m1/s1. The highest BCUT2D eigenvalue weighted by molar-refractivity contribution is 5.86. The van der Waals surface area contributed by atoms with Gasteiger partial charge in [0.25, 0.3) is 0 Å². The Hall–Kier alpha value is -4.69. The summed E-state index contributed by atoms with van der Waals surface area (Å²) < 4.78 is 11.3. The van der Waals surface area contributed by atoms with Gasteiger partial charge in [0, 0.05) is 12.8 Å². The Morgan fingerprint density at radius 1 is 0.783 bits per heavy atom. The Morgan fingerprint density at radius 2 is 1.41 bits per heavy atom. The van der Waals surface area contributed by atoms with Crippen molar-refractivity contribution in [3.05, 3.63) is 127 Å². The molecule has 3 rings (SSSR count). The molecule has 0 aliphatic heterocycles. The molecular weight excluding hydrogens is 580 g/mol. The van der Waals surface area contributed by atoms with Crippen molar-refractivity contribution in [1.29, 1.82) is 0 Å². The number of rotatable bonds is 21. The van der Waals surface area contributed by atoms with Gasteiger partial charge in [-0.05, 0) is 60.9 Å². The molecule has 244 valence electrons. The first-order chi connectivity index (χ1) is 22.4. The van der Waals surface area contributed by atoms with E-state index in [1.165, 1.54) is 0 Å². The molecule has 3 aromatic rings. The van der Waals surface area contributed by atoms with Crippen LogP contribution in [0.3, 0.4) is 0 Å². The van der Waals surface area contributed by atoms with Crippen LogP contribution in [0.15, 0.2) is 110 Å². The third kappa shape index (κ3) is 13.5. The largest absolute Gasteiger partial charge is 0.489 e. The molecule has 3 aromatic carbocycles. The molecule has 0 aliphatic carbocycles. The van der Waals surface area contributed by atoms with Crippen LogP contribution < -0.4 is 15.4 Å². The van der Waals surface area contributed by atoms with Crippen molar-refractivity contribution in [2.75, 3.05) is 13.2 Å². The van der Waals surface area contributed by atoms with Crippen LogP contribution in [-0.4, -0.2) is 48.2 Å². The molecule has 0 heterocycles. The number of allylic oxidation sites excluding steroid dienone is 2. The molecular formula is C38H46N2O6. The molecule has 0 unspecified atom stereocenters. The first kappa shape index (κ1) is 35.8. The van der Waals surface area contributed by atoms with Gasteiger partial charge in [-0.25, -0.2) is 0 Å². The van der Waals surface area contributed by atoms with Gasteiger partial charge in [-0.15, -0.1) is 13.2 Å². The van der Waals surface area contributed by atoms with E-state index in [0.29, 0.717) is 25.9 Å². The van der Waals surface area contributed by atoms with Crippen LogP contribution in [0.2, 0.25) is 0 Å². The molecule has 46 heavy (non-hydrogen) atoms. The molecule has 0 saturated heterocycles. The van der Waals surface area contributed by atoms with Crippen molar-refractivity contribution in [2.45, 2.75) is 63.6 Å². The Labute approximate surface area is 272 Å². The van der Waals surface area contributed by atoms with E-state index in [4.69, 9.17) is 9.47 Å². The number of esters is 1. The lowest BCUT2D eigenvalue weighted by Gasteiger charge is -2.23. The highest BCUT2D eigenvalue weighted by Crippen LogP contribution is 2.17. The summed E-state index contributed by atoms with van der Waals surface area (Å²) in [6.45, 7) is 7.65. The highest BCUT2D eigenvalue weighted by atomic mass is 16.5. The number of aliphatic hydroxyl groups is 1. The third-order valence-corrected chi connectivity index (χ3v) is 7.40. The minimum atomic E-state index is -0.681. The van der Waals surface area contributed by atoms with Crippen LogP contribution in [0.25, 0.3) is 0 Å². The summed E-state index contributed by atoms with van der Waals surface area (Å²) >= 11 is 0. The predicted molar refractivity (Wildman–Crippen MR) is 180 cm³/mol. The molecule has 0 radical (unpaired) electrons. The van der Waals surface area contributed by atoms with Crippen LogP contribution in [0.4, 0.5) is 0 Å². The molecule has 0 fully saturated rings. The zero-order valence-corrected chi connectivity index (χ0v) is 26.4. The van der Waals surface area contributed by atoms with Crippen LogP contribution in [-0.2, 0) is 38.6 Å². The fourth-order valence-corrected chi connectivity index (χ4v) is 4.93. The van der Waals surface area contributed by atoms with Crippen molar-refractivity contribution in [3.8, 4) is 5.75 Å². The molecule has 0 spiro atoms. The summed E-state index contributed by atoms with van der Waals surface area (Å²) in [5, 5.41) is 15.9. The Bertz CT molecular complexity index is 1360. The van der Waals surface area contributed by atoms with Crippen molar-refractivity contribution in [1.82, 2.24) is 10.6 Å².